The molecule has 0 radical (unpaired) electrons. The van der Waals surface area contributed by atoms with Crippen molar-refractivity contribution in [3.8, 4) is 0 Å². The molecule has 142 valence electrons. The highest BCUT2D eigenvalue weighted by atomic mass is 32.2. The Bertz CT molecular complexity index is 729. The quantitative estimate of drug-likeness (QED) is 0.793. The van der Waals surface area contributed by atoms with Gasteiger partial charge in [-0.05, 0) is 18.8 Å². The Hall–Kier alpha value is -2.10. The van der Waals surface area contributed by atoms with Crippen molar-refractivity contribution in [3.63, 3.8) is 0 Å². The summed E-state index contributed by atoms with van der Waals surface area (Å²) in [4.78, 5) is 14.5. The number of urea groups is 1. The summed E-state index contributed by atoms with van der Waals surface area (Å²) in [6.07, 6.45) is 2.11. The van der Waals surface area contributed by atoms with E-state index >= 15 is 0 Å². The fourth-order valence-corrected chi connectivity index (χ4v) is 4.39. The van der Waals surface area contributed by atoms with Crippen molar-refractivity contribution in [2.75, 3.05) is 18.4 Å². The van der Waals surface area contributed by atoms with E-state index in [2.05, 4.69) is 20.1 Å². The zero-order chi connectivity index (χ0) is 18.7. The van der Waals surface area contributed by atoms with Crippen LogP contribution in [0.5, 0.6) is 0 Å². The summed E-state index contributed by atoms with van der Waals surface area (Å²) in [6, 6.07) is 1.38. The molecule has 1 unspecified atom stereocenters. The molecule has 1 aliphatic rings. The van der Waals surface area contributed by atoms with Crippen LogP contribution in [-0.2, 0) is 7.05 Å². The van der Waals surface area contributed by atoms with E-state index in [0.717, 1.165) is 12.8 Å². The van der Waals surface area contributed by atoms with Crippen molar-refractivity contribution in [2.24, 2.45) is 13.0 Å². The van der Waals surface area contributed by atoms with Gasteiger partial charge in [0.15, 0.2) is 5.82 Å². The second kappa shape index (κ2) is 8.07. The van der Waals surface area contributed by atoms with Gasteiger partial charge < -0.3 is 9.42 Å². The van der Waals surface area contributed by atoms with Gasteiger partial charge in [0, 0.05) is 37.7 Å². The summed E-state index contributed by atoms with van der Waals surface area (Å²) in [5.41, 5.74) is -0.159. The fraction of sp³-hybridized carbons (Fsp3) is 0.562. The van der Waals surface area contributed by atoms with E-state index in [0.29, 0.717) is 29.7 Å². The molecule has 1 saturated heterocycles. The molecule has 26 heavy (non-hydrogen) atoms. The van der Waals surface area contributed by atoms with E-state index in [1.807, 2.05) is 6.92 Å². The van der Waals surface area contributed by atoms with E-state index in [1.165, 1.54) is 22.7 Å². The van der Waals surface area contributed by atoms with Gasteiger partial charge in [-0.15, -0.1) is 11.8 Å². The molecule has 7 nitrogen and oxygen atoms in total. The lowest BCUT2D eigenvalue weighted by atomic mass is 9.94. The van der Waals surface area contributed by atoms with Crippen molar-refractivity contribution in [3.05, 3.63) is 24.2 Å². The van der Waals surface area contributed by atoms with Crippen molar-refractivity contribution in [1.82, 2.24) is 19.8 Å². The zero-order valence-electron chi connectivity index (χ0n) is 14.6. The third-order valence-corrected chi connectivity index (χ3v) is 5.83. The molecule has 1 N–H and O–H groups in total. The molecule has 2 aromatic rings. The van der Waals surface area contributed by atoms with Gasteiger partial charge in [-0.1, -0.05) is 12.1 Å². The molecular formula is C16H21F2N5O2S. The number of amides is 2. The smallest absolute Gasteiger partial charge is 0.323 e. The number of hydrogen-bond donors (Lipinski definition) is 1. The second-order valence-electron chi connectivity index (χ2n) is 6.32. The number of piperidine rings is 1. The molecule has 1 aliphatic heterocycles. The Labute approximate surface area is 154 Å². The second-order valence-corrected chi connectivity index (χ2v) is 7.73. The van der Waals surface area contributed by atoms with E-state index in [9.17, 15) is 13.6 Å². The van der Waals surface area contributed by atoms with Gasteiger partial charge in [-0.2, -0.15) is 5.10 Å². The normalized spacial score (nSPS) is 16.9. The van der Waals surface area contributed by atoms with Gasteiger partial charge >= 0.3 is 6.03 Å². The third kappa shape index (κ3) is 4.35. The maximum absolute atomic E-state index is 13.1. The highest BCUT2D eigenvalue weighted by molar-refractivity contribution is 8.00. The van der Waals surface area contributed by atoms with Crippen LogP contribution in [0, 0.1) is 5.92 Å². The predicted molar refractivity (Wildman–Crippen MR) is 93.3 cm³/mol. The van der Waals surface area contributed by atoms with Crippen LogP contribution in [0.4, 0.5) is 19.4 Å². The number of halogens is 2. The van der Waals surface area contributed by atoms with Crippen molar-refractivity contribution >= 4 is 23.6 Å². The summed E-state index contributed by atoms with van der Waals surface area (Å²) < 4.78 is 32.3. The third-order valence-electron chi connectivity index (χ3n) is 4.51. The molecule has 0 bridgehead atoms. The molecule has 0 aromatic carbocycles. The average molecular weight is 385 g/mol. The summed E-state index contributed by atoms with van der Waals surface area (Å²) in [6.45, 7) is 3.28. The Morgan fingerprint density at radius 1 is 1.42 bits per heavy atom. The van der Waals surface area contributed by atoms with Gasteiger partial charge in [0.05, 0.1) is 4.90 Å². The minimum absolute atomic E-state index is 0.159. The SMILES string of the molecule is CC(Sc1cn(C)nc1C(F)F)C1CCN(C(=O)Nc2ccon2)CC1. The minimum atomic E-state index is -2.58. The van der Waals surface area contributed by atoms with Gasteiger partial charge in [0.25, 0.3) is 6.43 Å². The van der Waals surface area contributed by atoms with Crippen LogP contribution in [0.15, 0.2) is 27.9 Å². The lowest BCUT2D eigenvalue weighted by molar-refractivity contribution is 0.142. The fourth-order valence-electron chi connectivity index (χ4n) is 3.06. The number of aromatic nitrogens is 3. The summed E-state index contributed by atoms with van der Waals surface area (Å²) >= 11 is 1.43. The molecular weight excluding hydrogens is 364 g/mol. The number of rotatable bonds is 5. The van der Waals surface area contributed by atoms with Crippen molar-refractivity contribution in [2.45, 2.75) is 36.3 Å². The Kier molecular flexibility index (Phi) is 5.80. The molecule has 1 atom stereocenters. The maximum Gasteiger partial charge on any atom is 0.323 e. The Balaban J connectivity index is 1.52. The van der Waals surface area contributed by atoms with Gasteiger partial charge in [0.1, 0.15) is 12.0 Å². The molecule has 3 rings (SSSR count). The van der Waals surface area contributed by atoms with Gasteiger partial charge in [0.2, 0.25) is 0 Å². The van der Waals surface area contributed by atoms with Crippen LogP contribution >= 0.6 is 11.8 Å². The molecule has 10 heteroatoms. The first-order valence-corrected chi connectivity index (χ1v) is 9.26. The first-order valence-electron chi connectivity index (χ1n) is 8.38. The van der Waals surface area contributed by atoms with Crippen LogP contribution < -0.4 is 5.32 Å². The largest absolute Gasteiger partial charge is 0.363 e. The lowest BCUT2D eigenvalue weighted by Crippen LogP contribution is -2.42. The monoisotopic (exact) mass is 385 g/mol. The predicted octanol–water partition coefficient (Wildman–Crippen LogP) is 3.77. The summed E-state index contributed by atoms with van der Waals surface area (Å²) in [5, 5.41) is 10.4. The number of hydrogen-bond acceptors (Lipinski definition) is 5. The highest BCUT2D eigenvalue weighted by Crippen LogP contribution is 2.37. The molecule has 0 spiro atoms. The van der Waals surface area contributed by atoms with E-state index in [4.69, 9.17) is 0 Å². The average Bonchev–Trinajstić information content (AvgIpc) is 3.24. The van der Waals surface area contributed by atoms with Crippen LogP contribution in [0.3, 0.4) is 0 Å². The van der Waals surface area contributed by atoms with Crippen molar-refractivity contribution in [1.29, 1.82) is 0 Å². The molecule has 0 saturated carbocycles. The molecule has 1 fully saturated rings. The summed E-state index contributed by atoms with van der Waals surface area (Å²) in [5.74, 6) is 0.735. The number of thioether (sulfide) groups is 1. The van der Waals surface area contributed by atoms with Crippen LogP contribution in [0.1, 0.15) is 31.9 Å². The number of nitrogens with one attached hydrogen (secondary N) is 1. The van der Waals surface area contributed by atoms with E-state index < -0.39 is 6.43 Å². The Morgan fingerprint density at radius 3 is 2.77 bits per heavy atom. The number of carbonyl (C=O) groups excluding carboxylic acids is 1. The Morgan fingerprint density at radius 2 is 2.15 bits per heavy atom. The lowest BCUT2D eigenvalue weighted by Gasteiger charge is -2.34. The molecule has 2 aromatic heterocycles. The number of anilines is 1. The maximum atomic E-state index is 13.1. The first-order chi connectivity index (χ1) is 12.4. The summed E-state index contributed by atoms with van der Waals surface area (Å²) in [7, 11) is 1.65. The van der Waals surface area contributed by atoms with Crippen LogP contribution in [-0.4, -0.2) is 44.2 Å². The van der Waals surface area contributed by atoms with Crippen LogP contribution in [0.2, 0.25) is 0 Å². The molecule has 0 aliphatic carbocycles. The standard InChI is InChI=1S/C16H21F2N5O2S/c1-10(26-12-9-22(2)20-14(12)15(17)18)11-3-6-23(7-4-11)16(24)19-13-5-8-25-21-13/h5,8-11,15H,3-4,6-7H2,1-2H3,(H,19,21,24). The van der Waals surface area contributed by atoms with Crippen LogP contribution in [0.25, 0.3) is 0 Å². The number of alkyl halides is 2. The van der Waals surface area contributed by atoms with Crippen molar-refractivity contribution < 1.29 is 18.1 Å². The molecule has 2 amide bonds. The number of nitrogens with zero attached hydrogens (tertiary/aromatic N) is 4. The van der Waals surface area contributed by atoms with E-state index in [1.54, 1.807) is 24.2 Å². The minimum Gasteiger partial charge on any atom is -0.363 e. The topological polar surface area (TPSA) is 76.2 Å². The van der Waals surface area contributed by atoms with Gasteiger partial charge in [-0.25, -0.2) is 13.6 Å². The molecule has 3 heterocycles. The van der Waals surface area contributed by atoms with E-state index in [-0.39, 0.29) is 17.0 Å². The number of aryl methyl sites for hydroxylation is 1. The zero-order valence-corrected chi connectivity index (χ0v) is 15.4. The highest BCUT2D eigenvalue weighted by Gasteiger charge is 2.29. The first kappa shape index (κ1) is 18.7. The number of likely N-dealkylation sites (tertiary alicyclic amines) is 1. The number of carbonyl (C=O) groups is 1. The van der Waals surface area contributed by atoms with Gasteiger partial charge in [-0.3, -0.25) is 10.00 Å².